The van der Waals surface area contributed by atoms with Crippen molar-refractivity contribution >= 4 is 28.0 Å². The van der Waals surface area contributed by atoms with Gasteiger partial charge in [-0.2, -0.15) is 0 Å². The molecule has 1 fully saturated rings. The molecule has 8 heteroatoms. The van der Waals surface area contributed by atoms with E-state index in [1.807, 2.05) is 6.07 Å². The zero-order valence-corrected chi connectivity index (χ0v) is 15.4. The zero-order chi connectivity index (χ0) is 18.8. The van der Waals surface area contributed by atoms with Crippen molar-refractivity contribution in [3.8, 4) is 0 Å². The van der Waals surface area contributed by atoms with E-state index < -0.39 is 22.5 Å². The van der Waals surface area contributed by atoms with E-state index in [4.69, 9.17) is 4.74 Å². The van der Waals surface area contributed by atoms with Crippen LogP contribution in [0.3, 0.4) is 0 Å². The van der Waals surface area contributed by atoms with Gasteiger partial charge >= 0.3 is 5.97 Å². The van der Waals surface area contributed by atoms with Gasteiger partial charge in [-0.25, -0.2) is 13.1 Å². The molecule has 0 unspecified atom stereocenters. The lowest BCUT2D eigenvalue weighted by atomic mass is 10.2. The molecule has 1 heterocycles. The molecule has 0 bridgehead atoms. The summed E-state index contributed by atoms with van der Waals surface area (Å²) in [5.41, 5.74) is 0.725. The fourth-order valence-electron chi connectivity index (χ4n) is 2.54. The van der Waals surface area contributed by atoms with Crippen LogP contribution in [-0.4, -0.2) is 51.4 Å². The Morgan fingerprint density at radius 2 is 1.73 bits per heavy atom. The van der Waals surface area contributed by atoms with Gasteiger partial charge in [0, 0.05) is 18.5 Å². The second-order valence-electron chi connectivity index (χ2n) is 6.04. The Bertz CT molecular complexity index is 723. The standard InChI is InChI=1S/C18H24N2O5S/c21-17(20-11-6-1-2-7-12-20)15-25-18(22)14-19-26(23,24)13-10-16-8-4-3-5-9-16/h3-5,8-10,13,19H,1-2,6-7,11-12,14-15H2/b13-10+. The first-order valence-electron chi connectivity index (χ1n) is 8.62. The van der Waals surface area contributed by atoms with Crippen LogP contribution in [0, 0.1) is 0 Å². The molecule has 0 spiro atoms. The van der Waals surface area contributed by atoms with Crippen LogP contribution >= 0.6 is 0 Å². The Hall–Kier alpha value is -2.19. The van der Waals surface area contributed by atoms with Gasteiger partial charge in [-0.1, -0.05) is 43.2 Å². The first kappa shape index (κ1) is 20.1. The lowest BCUT2D eigenvalue weighted by Gasteiger charge is -2.19. The number of carbonyl (C=O) groups excluding carboxylic acids is 2. The molecule has 0 aromatic heterocycles. The number of amides is 1. The Morgan fingerprint density at radius 3 is 2.38 bits per heavy atom. The Morgan fingerprint density at radius 1 is 1.08 bits per heavy atom. The Labute approximate surface area is 154 Å². The Kier molecular flexibility index (Phi) is 7.80. The molecule has 2 rings (SSSR count). The van der Waals surface area contributed by atoms with E-state index in [0.29, 0.717) is 13.1 Å². The number of nitrogens with zero attached hydrogens (tertiary/aromatic N) is 1. The monoisotopic (exact) mass is 380 g/mol. The molecule has 0 radical (unpaired) electrons. The molecule has 0 aliphatic carbocycles. The van der Waals surface area contributed by atoms with Gasteiger partial charge in [-0.3, -0.25) is 9.59 Å². The van der Waals surface area contributed by atoms with E-state index in [-0.39, 0.29) is 12.5 Å². The van der Waals surface area contributed by atoms with Gasteiger partial charge < -0.3 is 9.64 Å². The maximum atomic E-state index is 12.0. The number of nitrogens with one attached hydrogen (secondary N) is 1. The van der Waals surface area contributed by atoms with E-state index in [0.717, 1.165) is 36.7 Å². The molecular formula is C18H24N2O5S. The minimum Gasteiger partial charge on any atom is -0.455 e. The van der Waals surface area contributed by atoms with Crippen LogP contribution in [0.4, 0.5) is 0 Å². The van der Waals surface area contributed by atoms with E-state index >= 15 is 0 Å². The van der Waals surface area contributed by atoms with E-state index in [2.05, 4.69) is 4.72 Å². The van der Waals surface area contributed by atoms with Crippen molar-refractivity contribution in [2.45, 2.75) is 25.7 Å². The molecule has 1 aromatic carbocycles. The summed E-state index contributed by atoms with van der Waals surface area (Å²) >= 11 is 0. The number of rotatable bonds is 7. The van der Waals surface area contributed by atoms with Gasteiger partial charge in [0.05, 0.1) is 0 Å². The lowest BCUT2D eigenvalue weighted by Crippen LogP contribution is -2.37. The minimum absolute atomic E-state index is 0.243. The number of esters is 1. The maximum absolute atomic E-state index is 12.0. The van der Waals surface area contributed by atoms with Crippen LogP contribution in [0.2, 0.25) is 0 Å². The third kappa shape index (κ3) is 7.37. The minimum atomic E-state index is -3.77. The molecule has 1 saturated heterocycles. The van der Waals surface area contributed by atoms with Crippen molar-refractivity contribution in [1.29, 1.82) is 0 Å². The number of ether oxygens (including phenoxy) is 1. The summed E-state index contributed by atoms with van der Waals surface area (Å²) in [5.74, 6) is -1.03. The maximum Gasteiger partial charge on any atom is 0.321 e. The van der Waals surface area contributed by atoms with Gasteiger partial charge in [0.1, 0.15) is 6.54 Å². The van der Waals surface area contributed by atoms with Crippen LogP contribution < -0.4 is 4.72 Å². The van der Waals surface area contributed by atoms with Crippen LogP contribution in [-0.2, 0) is 24.3 Å². The molecule has 7 nitrogen and oxygen atoms in total. The lowest BCUT2D eigenvalue weighted by molar-refractivity contribution is -0.151. The van der Waals surface area contributed by atoms with Gasteiger partial charge in [-0.05, 0) is 24.5 Å². The third-order valence-electron chi connectivity index (χ3n) is 3.97. The average molecular weight is 380 g/mol. The van der Waals surface area contributed by atoms with Crippen molar-refractivity contribution in [2.24, 2.45) is 0 Å². The van der Waals surface area contributed by atoms with Crippen LogP contribution in [0.25, 0.3) is 6.08 Å². The summed E-state index contributed by atoms with van der Waals surface area (Å²) in [5, 5.41) is 0.984. The first-order chi connectivity index (χ1) is 12.5. The van der Waals surface area contributed by atoms with Crippen LogP contribution in [0.15, 0.2) is 35.7 Å². The van der Waals surface area contributed by atoms with Crippen molar-refractivity contribution in [3.05, 3.63) is 41.3 Å². The molecule has 1 aliphatic rings. The normalized spacial score (nSPS) is 15.6. The number of sulfonamides is 1. The predicted molar refractivity (Wildman–Crippen MR) is 98.4 cm³/mol. The number of likely N-dealkylation sites (tertiary alicyclic amines) is 1. The number of hydrogen-bond donors (Lipinski definition) is 1. The van der Waals surface area contributed by atoms with Crippen molar-refractivity contribution in [1.82, 2.24) is 9.62 Å². The molecular weight excluding hydrogens is 356 g/mol. The molecule has 1 amide bonds. The topological polar surface area (TPSA) is 92.8 Å². The molecule has 142 valence electrons. The molecule has 0 atom stereocenters. The average Bonchev–Trinajstić information content (AvgIpc) is 2.93. The first-order valence-corrected chi connectivity index (χ1v) is 10.2. The summed E-state index contributed by atoms with van der Waals surface area (Å²) in [7, 11) is -3.77. The number of hydrogen-bond acceptors (Lipinski definition) is 5. The van der Waals surface area contributed by atoms with E-state index in [9.17, 15) is 18.0 Å². The summed E-state index contributed by atoms with van der Waals surface area (Å²) in [6.45, 7) is 0.468. The zero-order valence-electron chi connectivity index (χ0n) is 14.6. The van der Waals surface area contributed by atoms with Crippen LogP contribution in [0.1, 0.15) is 31.2 Å². The smallest absolute Gasteiger partial charge is 0.321 e. The number of benzene rings is 1. The Balaban J connectivity index is 1.73. The highest BCUT2D eigenvalue weighted by molar-refractivity contribution is 7.92. The summed E-state index contributed by atoms with van der Waals surface area (Å²) in [4.78, 5) is 25.4. The predicted octanol–water partition coefficient (Wildman–Crippen LogP) is 1.52. The van der Waals surface area contributed by atoms with Crippen molar-refractivity contribution < 1.29 is 22.7 Å². The van der Waals surface area contributed by atoms with Gasteiger partial charge in [-0.15, -0.1) is 0 Å². The van der Waals surface area contributed by atoms with E-state index in [1.54, 1.807) is 29.2 Å². The SMILES string of the molecule is O=C(CNS(=O)(=O)/C=C/c1ccccc1)OCC(=O)N1CCCCCC1. The molecule has 1 aromatic rings. The van der Waals surface area contributed by atoms with Crippen molar-refractivity contribution in [2.75, 3.05) is 26.2 Å². The second-order valence-corrected chi connectivity index (χ2v) is 7.69. The van der Waals surface area contributed by atoms with Crippen LogP contribution in [0.5, 0.6) is 0 Å². The van der Waals surface area contributed by atoms with Crippen molar-refractivity contribution in [3.63, 3.8) is 0 Å². The third-order valence-corrected chi connectivity index (χ3v) is 5.01. The number of carbonyl (C=O) groups is 2. The summed E-state index contributed by atoms with van der Waals surface area (Å²) in [6, 6.07) is 8.92. The highest BCUT2D eigenvalue weighted by atomic mass is 32.2. The summed E-state index contributed by atoms with van der Waals surface area (Å²) < 4.78 is 30.7. The molecule has 1 N–H and O–H groups in total. The van der Waals surface area contributed by atoms with Gasteiger partial charge in [0.15, 0.2) is 6.61 Å². The fourth-order valence-corrected chi connectivity index (χ4v) is 3.30. The largest absolute Gasteiger partial charge is 0.455 e. The molecule has 0 saturated carbocycles. The molecule has 26 heavy (non-hydrogen) atoms. The fraction of sp³-hybridized carbons (Fsp3) is 0.444. The van der Waals surface area contributed by atoms with Gasteiger partial charge in [0.2, 0.25) is 10.0 Å². The second kappa shape index (κ2) is 10.1. The molecule has 1 aliphatic heterocycles. The highest BCUT2D eigenvalue weighted by Crippen LogP contribution is 2.09. The quantitative estimate of drug-likeness (QED) is 0.724. The summed E-state index contributed by atoms with van der Waals surface area (Å²) in [6.07, 6.45) is 5.53. The van der Waals surface area contributed by atoms with Gasteiger partial charge in [0.25, 0.3) is 5.91 Å². The highest BCUT2D eigenvalue weighted by Gasteiger charge is 2.17. The van der Waals surface area contributed by atoms with E-state index in [1.165, 1.54) is 6.08 Å².